The van der Waals surface area contributed by atoms with E-state index in [2.05, 4.69) is 15.2 Å². The molecule has 25 heavy (non-hydrogen) atoms. The number of nitrogens with zero attached hydrogens (tertiary/aromatic N) is 2. The lowest BCUT2D eigenvalue weighted by molar-refractivity contribution is -0.117. The van der Waals surface area contributed by atoms with Gasteiger partial charge in [-0.3, -0.25) is 9.69 Å². The number of benzene rings is 1. The van der Waals surface area contributed by atoms with Gasteiger partial charge < -0.3 is 14.8 Å². The van der Waals surface area contributed by atoms with Gasteiger partial charge in [-0.25, -0.2) is 4.98 Å². The van der Waals surface area contributed by atoms with E-state index in [0.717, 1.165) is 24.3 Å². The average molecular weight is 362 g/mol. The quantitative estimate of drug-likeness (QED) is 0.830. The molecule has 1 aromatic heterocycles. The number of amides is 1. The molecule has 6 nitrogen and oxygen atoms in total. The SMILES string of the molecule is COc1cc2c(cc1OC)CN(CC(=O)Nc1cccnc1Cl)CC2. The first kappa shape index (κ1) is 17.5. The lowest BCUT2D eigenvalue weighted by Crippen LogP contribution is -2.37. The highest BCUT2D eigenvalue weighted by atomic mass is 35.5. The summed E-state index contributed by atoms with van der Waals surface area (Å²) in [5.74, 6) is 1.33. The zero-order valence-electron chi connectivity index (χ0n) is 14.2. The molecule has 0 fully saturated rings. The van der Waals surface area contributed by atoms with E-state index in [1.807, 2.05) is 12.1 Å². The third-order valence-electron chi connectivity index (χ3n) is 4.20. The Morgan fingerprint density at radius 2 is 2.00 bits per heavy atom. The molecule has 0 radical (unpaired) electrons. The summed E-state index contributed by atoms with van der Waals surface area (Å²) in [5, 5.41) is 3.09. The largest absolute Gasteiger partial charge is 0.493 e. The zero-order valence-corrected chi connectivity index (χ0v) is 15.0. The highest BCUT2D eigenvalue weighted by molar-refractivity contribution is 6.32. The lowest BCUT2D eigenvalue weighted by atomic mass is 9.99. The van der Waals surface area contributed by atoms with Gasteiger partial charge in [0.2, 0.25) is 5.91 Å². The predicted octanol–water partition coefficient (Wildman–Crippen LogP) is 2.75. The number of pyridine rings is 1. The third kappa shape index (κ3) is 4.03. The fourth-order valence-electron chi connectivity index (χ4n) is 2.95. The highest BCUT2D eigenvalue weighted by Gasteiger charge is 2.21. The fourth-order valence-corrected chi connectivity index (χ4v) is 3.12. The molecule has 0 spiro atoms. The fraction of sp³-hybridized carbons (Fsp3) is 0.333. The molecular formula is C18H20ClN3O3. The van der Waals surface area contributed by atoms with Crippen LogP contribution in [-0.4, -0.2) is 43.1 Å². The van der Waals surface area contributed by atoms with E-state index in [0.29, 0.717) is 24.5 Å². The van der Waals surface area contributed by atoms with Crippen LogP contribution in [0.25, 0.3) is 0 Å². The van der Waals surface area contributed by atoms with Crippen molar-refractivity contribution in [3.8, 4) is 11.5 Å². The molecule has 1 aliphatic rings. The van der Waals surface area contributed by atoms with Crippen LogP contribution in [0.3, 0.4) is 0 Å². The summed E-state index contributed by atoms with van der Waals surface area (Å²) >= 11 is 5.97. The second kappa shape index (κ2) is 7.72. The highest BCUT2D eigenvalue weighted by Crippen LogP contribution is 2.33. The molecule has 1 amide bonds. The minimum absolute atomic E-state index is 0.112. The van der Waals surface area contributed by atoms with E-state index in [-0.39, 0.29) is 11.1 Å². The van der Waals surface area contributed by atoms with E-state index < -0.39 is 0 Å². The normalized spacial score (nSPS) is 13.9. The van der Waals surface area contributed by atoms with Gasteiger partial charge in [0.15, 0.2) is 16.7 Å². The maximum Gasteiger partial charge on any atom is 0.238 e. The first-order valence-electron chi connectivity index (χ1n) is 7.97. The minimum atomic E-state index is -0.112. The standard InChI is InChI=1S/C18H20ClN3O3/c1-24-15-8-12-5-7-22(10-13(12)9-16(15)25-2)11-17(23)21-14-4-3-6-20-18(14)19/h3-4,6,8-9H,5,7,10-11H2,1-2H3,(H,21,23). The number of hydrogen-bond donors (Lipinski definition) is 1. The van der Waals surface area contributed by atoms with Gasteiger partial charge >= 0.3 is 0 Å². The summed E-state index contributed by atoms with van der Waals surface area (Å²) in [6, 6.07) is 7.46. The number of ether oxygens (including phenoxy) is 2. The van der Waals surface area contributed by atoms with Crippen LogP contribution in [0.2, 0.25) is 5.15 Å². The van der Waals surface area contributed by atoms with Gasteiger partial charge in [0.25, 0.3) is 0 Å². The van der Waals surface area contributed by atoms with Gasteiger partial charge in [-0.2, -0.15) is 0 Å². The number of fused-ring (bicyclic) bond motifs is 1. The van der Waals surface area contributed by atoms with Gasteiger partial charge in [-0.15, -0.1) is 0 Å². The Bertz CT molecular complexity index is 782. The summed E-state index contributed by atoms with van der Waals surface area (Å²) in [6.45, 7) is 1.78. The van der Waals surface area contributed by atoms with E-state index in [4.69, 9.17) is 21.1 Å². The molecule has 0 unspecified atom stereocenters. The summed E-state index contributed by atoms with van der Waals surface area (Å²) < 4.78 is 10.7. The van der Waals surface area contributed by atoms with E-state index in [1.54, 1.807) is 32.5 Å². The predicted molar refractivity (Wildman–Crippen MR) is 96.4 cm³/mol. The monoisotopic (exact) mass is 361 g/mol. The number of halogens is 1. The van der Waals surface area contributed by atoms with E-state index in [9.17, 15) is 4.79 Å². The van der Waals surface area contributed by atoms with Crippen molar-refractivity contribution in [3.63, 3.8) is 0 Å². The minimum Gasteiger partial charge on any atom is -0.493 e. The van der Waals surface area contributed by atoms with E-state index >= 15 is 0 Å². The number of aromatic nitrogens is 1. The van der Waals surface area contributed by atoms with Crippen molar-refractivity contribution in [3.05, 3.63) is 46.7 Å². The molecule has 0 aliphatic carbocycles. The van der Waals surface area contributed by atoms with Crippen molar-refractivity contribution in [2.24, 2.45) is 0 Å². The van der Waals surface area contributed by atoms with Crippen LogP contribution in [0.15, 0.2) is 30.5 Å². The van der Waals surface area contributed by atoms with Crippen LogP contribution < -0.4 is 14.8 Å². The van der Waals surface area contributed by atoms with Crippen molar-refractivity contribution in [1.29, 1.82) is 0 Å². The second-order valence-electron chi connectivity index (χ2n) is 5.83. The number of carbonyl (C=O) groups excluding carboxylic acids is 1. The van der Waals surface area contributed by atoms with E-state index in [1.165, 1.54) is 5.56 Å². The van der Waals surface area contributed by atoms with Crippen LogP contribution in [-0.2, 0) is 17.8 Å². The first-order valence-corrected chi connectivity index (χ1v) is 8.35. The molecule has 132 valence electrons. The summed E-state index contributed by atoms with van der Waals surface area (Å²) in [5.41, 5.74) is 2.90. The Kier molecular flexibility index (Phi) is 5.40. The van der Waals surface area contributed by atoms with Gasteiger partial charge in [0.1, 0.15) is 0 Å². The second-order valence-corrected chi connectivity index (χ2v) is 6.18. The molecule has 0 saturated carbocycles. The molecular weight excluding hydrogens is 342 g/mol. The molecule has 3 rings (SSSR count). The van der Waals surface area contributed by atoms with Crippen LogP contribution in [0.5, 0.6) is 11.5 Å². The molecule has 1 aromatic carbocycles. The van der Waals surface area contributed by atoms with Gasteiger partial charge in [0.05, 0.1) is 26.5 Å². The molecule has 2 heterocycles. The smallest absolute Gasteiger partial charge is 0.238 e. The van der Waals surface area contributed by atoms with Crippen LogP contribution >= 0.6 is 11.6 Å². The molecule has 1 N–H and O–H groups in total. The number of hydrogen-bond acceptors (Lipinski definition) is 5. The Morgan fingerprint density at radius 3 is 2.68 bits per heavy atom. The lowest BCUT2D eigenvalue weighted by Gasteiger charge is -2.29. The van der Waals surface area contributed by atoms with Crippen molar-refractivity contribution in [1.82, 2.24) is 9.88 Å². The average Bonchev–Trinajstić information content (AvgIpc) is 2.62. The maximum atomic E-state index is 12.3. The van der Waals surface area contributed by atoms with Crippen LogP contribution in [0, 0.1) is 0 Å². The Balaban J connectivity index is 1.66. The molecule has 7 heteroatoms. The van der Waals surface area contributed by atoms with Crippen molar-refractivity contribution in [2.75, 3.05) is 32.6 Å². The Morgan fingerprint density at radius 1 is 1.28 bits per heavy atom. The number of nitrogens with one attached hydrogen (secondary N) is 1. The van der Waals surface area contributed by atoms with Crippen LogP contribution in [0.4, 0.5) is 5.69 Å². The number of rotatable bonds is 5. The number of carbonyl (C=O) groups is 1. The molecule has 0 bridgehead atoms. The Labute approximate surface area is 151 Å². The van der Waals surface area contributed by atoms with Crippen LogP contribution in [0.1, 0.15) is 11.1 Å². The van der Waals surface area contributed by atoms with Gasteiger partial charge in [0, 0.05) is 19.3 Å². The van der Waals surface area contributed by atoms with Gasteiger partial charge in [-0.1, -0.05) is 11.6 Å². The van der Waals surface area contributed by atoms with Crippen molar-refractivity contribution in [2.45, 2.75) is 13.0 Å². The zero-order chi connectivity index (χ0) is 17.8. The molecule has 0 atom stereocenters. The third-order valence-corrected chi connectivity index (χ3v) is 4.50. The topological polar surface area (TPSA) is 63.7 Å². The maximum absolute atomic E-state index is 12.3. The summed E-state index contributed by atoms with van der Waals surface area (Å²) in [4.78, 5) is 18.3. The summed E-state index contributed by atoms with van der Waals surface area (Å²) in [7, 11) is 3.25. The first-order chi connectivity index (χ1) is 12.1. The molecule has 2 aromatic rings. The van der Waals surface area contributed by atoms with Gasteiger partial charge in [-0.05, 0) is 41.8 Å². The molecule has 1 aliphatic heterocycles. The molecule has 0 saturated heterocycles. The van der Waals surface area contributed by atoms with Crippen molar-refractivity contribution >= 4 is 23.2 Å². The van der Waals surface area contributed by atoms with Crippen molar-refractivity contribution < 1.29 is 14.3 Å². The number of anilines is 1. The Hall–Kier alpha value is -2.31. The number of methoxy groups -OCH3 is 2. The summed E-state index contributed by atoms with van der Waals surface area (Å²) in [6.07, 6.45) is 2.44.